The number of hydrogen-bond donors (Lipinski definition) is 2. The SMILES string of the molecule is COc1ccccc1CNC(=O)C(C)ON=C1CCN(C(=O)Nc2ccccc2)CC1. The highest BCUT2D eigenvalue weighted by Crippen LogP contribution is 2.17. The molecule has 1 saturated heterocycles. The van der Waals surface area contributed by atoms with E-state index in [-0.39, 0.29) is 11.9 Å². The maximum absolute atomic E-state index is 12.3. The molecular formula is C23H28N4O4. The van der Waals surface area contributed by atoms with Crippen molar-refractivity contribution in [1.29, 1.82) is 0 Å². The zero-order valence-electron chi connectivity index (χ0n) is 17.8. The molecule has 8 heteroatoms. The molecule has 2 aromatic rings. The van der Waals surface area contributed by atoms with Crippen molar-refractivity contribution in [3.8, 4) is 5.75 Å². The Morgan fingerprint density at radius 3 is 2.45 bits per heavy atom. The highest BCUT2D eigenvalue weighted by Gasteiger charge is 2.21. The van der Waals surface area contributed by atoms with Gasteiger partial charge in [-0.15, -0.1) is 0 Å². The van der Waals surface area contributed by atoms with E-state index in [1.807, 2.05) is 54.6 Å². The highest BCUT2D eigenvalue weighted by molar-refractivity contribution is 5.92. The number of piperidine rings is 1. The summed E-state index contributed by atoms with van der Waals surface area (Å²) in [6.07, 6.45) is 0.497. The van der Waals surface area contributed by atoms with Crippen LogP contribution in [0.15, 0.2) is 59.8 Å². The number of rotatable bonds is 7. The summed E-state index contributed by atoms with van der Waals surface area (Å²) in [4.78, 5) is 31.8. The van der Waals surface area contributed by atoms with Crippen LogP contribution in [0, 0.1) is 0 Å². The molecule has 1 aliphatic rings. The van der Waals surface area contributed by atoms with Gasteiger partial charge in [-0.1, -0.05) is 41.6 Å². The Morgan fingerprint density at radius 1 is 1.06 bits per heavy atom. The van der Waals surface area contributed by atoms with Gasteiger partial charge >= 0.3 is 6.03 Å². The Balaban J connectivity index is 1.41. The minimum atomic E-state index is -0.721. The summed E-state index contributed by atoms with van der Waals surface area (Å²) in [5, 5.41) is 9.86. The van der Waals surface area contributed by atoms with Crippen LogP contribution in [0.1, 0.15) is 25.3 Å². The number of anilines is 1. The maximum atomic E-state index is 12.3. The first kappa shape index (κ1) is 22.1. The number of likely N-dealkylation sites (tertiary alicyclic amines) is 1. The number of methoxy groups -OCH3 is 1. The molecular weight excluding hydrogens is 396 g/mol. The van der Waals surface area contributed by atoms with Gasteiger partial charge in [0.15, 0.2) is 0 Å². The number of oxime groups is 1. The van der Waals surface area contributed by atoms with Crippen LogP contribution in [0.3, 0.4) is 0 Å². The quantitative estimate of drug-likeness (QED) is 0.667. The molecule has 0 spiro atoms. The number of carbonyl (C=O) groups is 2. The van der Waals surface area contributed by atoms with Crippen LogP contribution in [0.4, 0.5) is 10.5 Å². The molecule has 0 aliphatic carbocycles. The van der Waals surface area contributed by atoms with Gasteiger partial charge in [-0.3, -0.25) is 4.79 Å². The van der Waals surface area contributed by atoms with Crippen LogP contribution >= 0.6 is 0 Å². The number of hydrogen-bond acceptors (Lipinski definition) is 5. The standard InChI is InChI=1S/C23H28N4O4/c1-17(22(28)24-16-18-8-6-7-11-21(18)30-2)31-26-20-12-14-27(15-13-20)23(29)25-19-9-4-3-5-10-19/h3-11,17H,12-16H2,1-2H3,(H,24,28)(H,25,29). The number of urea groups is 1. The Kier molecular flexibility index (Phi) is 7.86. The predicted molar refractivity (Wildman–Crippen MR) is 119 cm³/mol. The zero-order chi connectivity index (χ0) is 22.1. The Morgan fingerprint density at radius 2 is 1.74 bits per heavy atom. The van der Waals surface area contributed by atoms with Crippen molar-refractivity contribution in [2.45, 2.75) is 32.4 Å². The van der Waals surface area contributed by atoms with Gasteiger partial charge in [0.1, 0.15) is 5.75 Å². The van der Waals surface area contributed by atoms with E-state index in [1.54, 1.807) is 18.9 Å². The van der Waals surface area contributed by atoms with Gasteiger partial charge in [0.2, 0.25) is 6.10 Å². The number of carbonyl (C=O) groups excluding carboxylic acids is 2. The van der Waals surface area contributed by atoms with Crippen molar-refractivity contribution in [3.63, 3.8) is 0 Å². The maximum Gasteiger partial charge on any atom is 0.321 e. The van der Waals surface area contributed by atoms with Gasteiger partial charge in [0.25, 0.3) is 5.91 Å². The third kappa shape index (κ3) is 6.47. The van der Waals surface area contributed by atoms with Crippen LogP contribution < -0.4 is 15.4 Å². The van der Waals surface area contributed by atoms with Crippen LogP contribution in [-0.2, 0) is 16.2 Å². The second-order valence-electron chi connectivity index (χ2n) is 7.22. The molecule has 31 heavy (non-hydrogen) atoms. The monoisotopic (exact) mass is 424 g/mol. The molecule has 3 amide bonds. The lowest BCUT2D eigenvalue weighted by atomic mass is 10.1. The van der Waals surface area contributed by atoms with E-state index in [4.69, 9.17) is 9.57 Å². The third-order valence-electron chi connectivity index (χ3n) is 5.01. The predicted octanol–water partition coefficient (Wildman–Crippen LogP) is 3.40. The lowest BCUT2D eigenvalue weighted by Gasteiger charge is -2.27. The number of nitrogens with one attached hydrogen (secondary N) is 2. The fourth-order valence-corrected chi connectivity index (χ4v) is 3.16. The van der Waals surface area contributed by atoms with Crippen molar-refractivity contribution >= 4 is 23.3 Å². The highest BCUT2D eigenvalue weighted by atomic mass is 16.6. The Hall–Kier alpha value is -3.55. The van der Waals surface area contributed by atoms with Crippen LogP contribution in [-0.4, -0.2) is 48.9 Å². The fraction of sp³-hybridized carbons (Fsp3) is 0.348. The van der Waals surface area contributed by atoms with Crippen LogP contribution in [0.25, 0.3) is 0 Å². The molecule has 1 aliphatic heterocycles. The second-order valence-corrected chi connectivity index (χ2v) is 7.22. The third-order valence-corrected chi connectivity index (χ3v) is 5.01. The number of nitrogens with zero attached hydrogens (tertiary/aromatic N) is 2. The lowest BCUT2D eigenvalue weighted by Crippen LogP contribution is -2.41. The van der Waals surface area contributed by atoms with Crippen molar-refractivity contribution < 1.29 is 19.2 Å². The molecule has 0 bridgehead atoms. The Labute approximate surface area is 182 Å². The lowest BCUT2D eigenvalue weighted by molar-refractivity contribution is -0.131. The minimum Gasteiger partial charge on any atom is -0.496 e. The van der Waals surface area contributed by atoms with E-state index >= 15 is 0 Å². The number of amides is 3. The van der Waals surface area contributed by atoms with Gasteiger partial charge in [-0.25, -0.2) is 4.79 Å². The normalized spacial score (nSPS) is 14.4. The van der Waals surface area contributed by atoms with Crippen LogP contribution in [0.5, 0.6) is 5.75 Å². The van der Waals surface area contributed by atoms with E-state index in [0.29, 0.717) is 32.5 Å². The van der Waals surface area contributed by atoms with Gasteiger partial charge < -0.3 is 25.1 Å². The minimum absolute atomic E-state index is 0.129. The average molecular weight is 425 g/mol. The summed E-state index contributed by atoms with van der Waals surface area (Å²) in [5.74, 6) is 0.467. The van der Waals surface area contributed by atoms with E-state index in [9.17, 15) is 9.59 Å². The molecule has 0 aromatic heterocycles. The van der Waals surface area contributed by atoms with E-state index < -0.39 is 6.10 Å². The Bertz CT molecular complexity index is 907. The largest absolute Gasteiger partial charge is 0.496 e. The molecule has 164 valence electrons. The molecule has 2 N–H and O–H groups in total. The fourth-order valence-electron chi connectivity index (χ4n) is 3.16. The summed E-state index contributed by atoms with van der Waals surface area (Å²) < 4.78 is 5.29. The molecule has 1 heterocycles. The molecule has 1 fully saturated rings. The van der Waals surface area contributed by atoms with Gasteiger partial charge in [-0.2, -0.15) is 0 Å². The number of benzene rings is 2. The van der Waals surface area contributed by atoms with Crippen molar-refractivity contribution in [2.24, 2.45) is 5.16 Å². The second kappa shape index (κ2) is 11.0. The van der Waals surface area contributed by atoms with Gasteiger partial charge in [-0.05, 0) is 25.1 Å². The summed E-state index contributed by atoms with van der Waals surface area (Å²) in [6.45, 7) is 3.10. The molecule has 0 saturated carbocycles. The average Bonchev–Trinajstić information content (AvgIpc) is 2.82. The van der Waals surface area contributed by atoms with Crippen molar-refractivity contribution in [2.75, 3.05) is 25.5 Å². The molecule has 8 nitrogen and oxygen atoms in total. The van der Waals surface area contributed by atoms with Crippen LogP contribution in [0.2, 0.25) is 0 Å². The number of ether oxygens (including phenoxy) is 1. The number of para-hydroxylation sites is 2. The summed E-state index contributed by atoms with van der Waals surface area (Å²) in [6, 6.07) is 16.7. The summed E-state index contributed by atoms with van der Waals surface area (Å²) >= 11 is 0. The zero-order valence-corrected chi connectivity index (χ0v) is 17.8. The summed E-state index contributed by atoms with van der Waals surface area (Å²) in [5.41, 5.74) is 2.49. The molecule has 1 unspecified atom stereocenters. The first-order valence-electron chi connectivity index (χ1n) is 10.3. The first-order valence-corrected chi connectivity index (χ1v) is 10.3. The molecule has 1 atom stereocenters. The topological polar surface area (TPSA) is 92.3 Å². The first-order chi connectivity index (χ1) is 15.1. The summed E-state index contributed by atoms with van der Waals surface area (Å²) in [7, 11) is 1.60. The van der Waals surface area contributed by atoms with E-state index in [0.717, 1.165) is 22.7 Å². The van der Waals surface area contributed by atoms with Gasteiger partial charge in [0.05, 0.1) is 12.8 Å². The molecule has 2 aromatic carbocycles. The van der Waals surface area contributed by atoms with E-state index in [1.165, 1.54) is 0 Å². The molecule has 0 radical (unpaired) electrons. The van der Waals surface area contributed by atoms with E-state index in [2.05, 4.69) is 15.8 Å². The van der Waals surface area contributed by atoms with Gasteiger partial charge in [0, 0.05) is 43.7 Å². The smallest absolute Gasteiger partial charge is 0.321 e. The van der Waals surface area contributed by atoms with Crippen molar-refractivity contribution in [3.05, 3.63) is 60.2 Å². The van der Waals surface area contributed by atoms with Crippen molar-refractivity contribution in [1.82, 2.24) is 10.2 Å². The molecule has 3 rings (SSSR count).